The molecule has 3 rings (SSSR count). The summed E-state index contributed by atoms with van der Waals surface area (Å²) < 4.78 is 0. The third-order valence-electron chi connectivity index (χ3n) is 6.82. The number of nitrogens with one attached hydrogen (secondary N) is 4. The normalized spacial score (nSPS) is 14.0. The van der Waals surface area contributed by atoms with E-state index in [-0.39, 0.29) is 30.9 Å². The molecule has 13 heteroatoms. The number of nitrogens with two attached hydrogens (primary N) is 2. The van der Waals surface area contributed by atoms with Crippen LogP contribution in [0.4, 0.5) is 0 Å². The number of aromatic nitrogens is 1. The Kier molecular flexibility index (Phi) is 11.2. The molecule has 2 aromatic carbocycles. The number of H-pyrrole nitrogens is 1. The van der Waals surface area contributed by atoms with Crippen LogP contribution >= 0.6 is 0 Å². The van der Waals surface area contributed by atoms with E-state index in [9.17, 15) is 34.2 Å². The topological polar surface area (TPSA) is 230 Å². The minimum Gasteiger partial charge on any atom is -0.508 e. The zero-order valence-electron chi connectivity index (χ0n) is 24.0. The van der Waals surface area contributed by atoms with Crippen molar-refractivity contribution in [3.05, 3.63) is 65.9 Å². The van der Waals surface area contributed by atoms with Gasteiger partial charge in [-0.3, -0.25) is 19.2 Å². The predicted molar refractivity (Wildman–Crippen MR) is 158 cm³/mol. The van der Waals surface area contributed by atoms with Gasteiger partial charge in [0.15, 0.2) is 0 Å². The SMILES string of the molecule is CC(C)CC(NC(=O)C(N)CC(N)=O)C(=O)NC(Cc1ccc(O)cc1)C(=O)NC(Cc1c[nH]c2ccccc12)C(=O)O. The minimum absolute atomic E-state index is 0.00506. The van der Waals surface area contributed by atoms with E-state index in [1.807, 2.05) is 38.1 Å². The molecule has 1 heterocycles. The Morgan fingerprint density at radius 2 is 1.44 bits per heavy atom. The number of phenolic OH excluding ortho intramolecular Hbond substituents is 1. The number of carbonyl (C=O) groups excluding carboxylic acids is 4. The number of aromatic hydroxyl groups is 1. The molecule has 0 aliphatic heterocycles. The highest BCUT2D eigenvalue weighted by Crippen LogP contribution is 2.19. The highest BCUT2D eigenvalue weighted by Gasteiger charge is 2.31. The number of hydrogen-bond donors (Lipinski definition) is 8. The lowest BCUT2D eigenvalue weighted by Gasteiger charge is -2.26. The maximum atomic E-state index is 13.5. The fourth-order valence-corrected chi connectivity index (χ4v) is 4.63. The third-order valence-corrected chi connectivity index (χ3v) is 6.82. The van der Waals surface area contributed by atoms with Crippen molar-refractivity contribution in [2.75, 3.05) is 0 Å². The Balaban J connectivity index is 1.83. The third kappa shape index (κ3) is 9.57. The molecule has 4 unspecified atom stereocenters. The number of rotatable bonds is 15. The van der Waals surface area contributed by atoms with Gasteiger partial charge in [-0.2, -0.15) is 0 Å². The first-order valence-corrected chi connectivity index (χ1v) is 13.8. The van der Waals surface area contributed by atoms with E-state index in [0.717, 1.165) is 10.9 Å². The standard InChI is InChI=1S/C30H38N6O7/c1-16(2)11-23(34-27(39)21(31)14-26(32)38)28(40)35-24(12-17-7-9-19(37)10-8-17)29(41)36-25(30(42)43)13-18-15-33-22-6-4-3-5-20(18)22/h3-10,15-16,21,23-25,33,37H,11-14,31H2,1-2H3,(H2,32,38)(H,34,39)(H,35,40)(H,36,41)(H,42,43). The summed E-state index contributed by atoms with van der Waals surface area (Å²) in [6.45, 7) is 3.66. The number of aliphatic carboxylic acids is 1. The van der Waals surface area contributed by atoms with Crippen LogP contribution in [-0.2, 0) is 36.8 Å². The van der Waals surface area contributed by atoms with Gasteiger partial charge in [0.1, 0.15) is 23.9 Å². The van der Waals surface area contributed by atoms with Crippen molar-refractivity contribution < 1.29 is 34.2 Å². The molecule has 0 bridgehead atoms. The molecule has 0 radical (unpaired) electrons. The average Bonchev–Trinajstić information content (AvgIpc) is 3.35. The van der Waals surface area contributed by atoms with Crippen molar-refractivity contribution >= 4 is 40.5 Å². The second-order valence-corrected chi connectivity index (χ2v) is 10.9. The average molecular weight is 595 g/mol. The fourth-order valence-electron chi connectivity index (χ4n) is 4.63. The first-order chi connectivity index (χ1) is 20.3. The molecule has 0 aliphatic rings. The minimum atomic E-state index is -1.32. The largest absolute Gasteiger partial charge is 0.508 e. The van der Waals surface area contributed by atoms with E-state index in [0.29, 0.717) is 11.1 Å². The van der Waals surface area contributed by atoms with Gasteiger partial charge in [-0.15, -0.1) is 0 Å². The lowest BCUT2D eigenvalue weighted by Crippen LogP contribution is -2.58. The first-order valence-electron chi connectivity index (χ1n) is 13.8. The summed E-state index contributed by atoms with van der Waals surface area (Å²) in [5.74, 6) is -4.31. The number of fused-ring (bicyclic) bond motifs is 1. The van der Waals surface area contributed by atoms with Gasteiger partial charge >= 0.3 is 5.97 Å². The van der Waals surface area contributed by atoms with Crippen molar-refractivity contribution in [2.24, 2.45) is 17.4 Å². The van der Waals surface area contributed by atoms with Gasteiger partial charge in [-0.05, 0) is 41.7 Å². The molecule has 1 aromatic heterocycles. The van der Waals surface area contributed by atoms with E-state index in [2.05, 4.69) is 20.9 Å². The molecule has 0 saturated heterocycles. The van der Waals surface area contributed by atoms with E-state index < -0.39 is 60.2 Å². The lowest BCUT2D eigenvalue weighted by molar-refractivity contribution is -0.142. The summed E-state index contributed by atoms with van der Waals surface area (Å²) in [6, 6.07) is 8.41. The molecule has 0 fully saturated rings. The summed E-state index contributed by atoms with van der Waals surface area (Å²) in [7, 11) is 0. The zero-order valence-corrected chi connectivity index (χ0v) is 24.0. The molecular weight excluding hydrogens is 556 g/mol. The van der Waals surface area contributed by atoms with Crippen LogP contribution in [0.2, 0.25) is 0 Å². The molecule has 230 valence electrons. The van der Waals surface area contributed by atoms with E-state index in [1.54, 1.807) is 18.3 Å². The number of carboxylic acids is 1. The summed E-state index contributed by atoms with van der Waals surface area (Å²) in [6.07, 6.45) is 1.40. The lowest BCUT2D eigenvalue weighted by atomic mass is 10.00. The quantitative estimate of drug-likeness (QED) is 0.123. The van der Waals surface area contributed by atoms with Crippen molar-refractivity contribution in [1.29, 1.82) is 0 Å². The molecule has 10 N–H and O–H groups in total. The summed E-state index contributed by atoms with van der Waals surface area (Å²) in [5.41, 5.74) is 13.0. The van der Waals surface area contributed by atoms with Crippen LogP contribution in [0.15, 0.2) is 54.7 Å². The van der Waals surface area contributed by atoms with Gasteiger partial charge in [0.2, 0.25) is 23.6 Å². The first kappa shape index (κ1) is 32.6. The number of amides is 4. The molecule has 4 atom stereocenters. The molecule has 13 nitrogen and oxygen atoms in total. The molecule has 3 aromatic rings. The van der Waals surface area contributed by atoms with E-state index >= 15 is 0 Å². The van der Waals surface area contributed by atoms with Crippen LogP contribution in [0, 0.1) is 5.92 Å². The summed E-state index contributed by atoms with van der Waals surface area (Å²) in [5, 5.41) is 28.1. The Hall–Kier alpha value is -4.91. The number of hydrogen-bond acceptors (Lipinski definition) is 7. The van der Waals surface area contributed by atoms with Crippen LogP contribution in [0.3, 0.4) is 0 Å². The predicted octanol–water partition coefficient (Wildman–Crippen LogP) is 0.447. The van der Waals surface area contributed by atoms with Crippen molar-refractivity contribution in [1.82, 2.24) is 20.9 Å². The molecule has 0 aliphatic carbocycles. The van der Waals surface area contributed by atoms with Crippen molar-refractivity contribution in [3.63, 3.8) is 0 Å². The Bertz CT molecular complexity index is 1450. The van der Waals surface area contributed by atoms with Gasteiger partial charge in [0.25, 0.3) is 0 Å². The molecular formula is C30H38N6O7. The maximum Gasteiger partial charge on any atom is 0.326 e. The second kappa shape index (κ2) is 14.8. The van der Waals surface area contributed by atoms with Crippen LogP contribution < -0.4 is 27.4 Å². The number of para-hydroxylation sites is 1. The summed E-state index contributed by atoms with van der Waals surface area (Å²) in [4.78, 5) is 66.1. The number of phenols is 1. The highest BCUT2D eigenvalue weighted by atomic mass is 16.4. The van der Waals surface area contributed by atoms with Gasteiger partial charge in [0, 0.05) is 29.9 Å². The van der Waals surface area contributed by atoms with Gasteiger partial charge in [-0.25, -0.2) is 4.79 Å². The number of carboxylic acid groups (broad SMARTS) is 1. The molecule has 4 amide bonds. The number of carbonyl (C=O) groups is 5. The summed E-state index contributed by atoms with van der Waals surface area (Å²) >= 11 is 0. The Morgan fingerprint density at radius 1 is 0.837 bits per heavy atom. The Morgan fingerprint density at radius 3 is 2.07 bits per heavy atom. The smallest absolute Gasteiger partial charge is 0.326 e. The number of benzene rings is 2. The Labute approximate surface area is 248 Å². The van der Waals surface area contributed by atoms with Gasteiger partial charge < -0.3 is 42.6 Å². The zero-order chi connectivity index (χ0) is 31.7. The number of primary amides is 1. The monoisotopic (exact) mass is 594 g/mol. The second-order valence-electron chi connectivity index (χ2n) is 10.9. The fraction of sp³-hybridized carbons (Fsp3) is 0.367. The number of aromatic amines is 1. The van der Waals surface area contributed by atoms with E-state index in [4.69, 9.17) is 11.5 Å². The van der Waals surface area contributed by atoms with Crippen molar-refractivity contribution in [3.8, 4) is 5.75 Å². The van der Waals surface area contributed by atoms with E-state index in [1.165, 1.54) is 12.1 Å². The maximum absolute atomic E-state index is 13.5. The molecule has 0 spiro atoms. The van der Waals surface area contributed by atoms with Crippen molar-refractivity contribution in [2.45, 2.75) is 63.7 Å². The van der Waals surface area contributed by atoms with Crippen LogP contribution in [0.5, 0.6) is 5.75 Å². The van der Waals surface area contributed by atoms with Gasteiger partial charge in [-0.1, -0.05) is 44.2 Å². The molecule has 0 saturated carbocycles. The highest BCUT2D eigenvalue weighted by molar-refractivity contribution is 5.95. The van der Waals surface area contributed by atoms with Crippen LogP contribution in [0.1, 0.15) is 37.8 Å². The van der Waals surface area contributed by atoms with Crippen LogP contribution in [-0.4, -0.2) is 69.0 Å². The van der Waals surface area contributed by atoms with Gasteiger partial charge in [0.05, 0.1) is 12.5 Å². The molecule has 43 heavy (non-hydrogen) atoms. The van der Waals surface area contributed by atoms with Crippen LogP contribution in [0.25, 0.3) is 10.9 Å².